The van der Waals surface area contributed by atoms with Crippen molar-refractivity contribution in [1.29, 1.82) is 0 Å². The minimum atomic E-state index is 0.687. The van der Waals surface area contributed by atoms with Crippen LogP contribution < -0.4 is 10.1 Å². The Kier molecular flexibility index (Phi) is 4.07. The zero-order chi connectivity index (χ0) is 13.1. The SMILES string of the molecule is COc1ccc(CC2NCCC3CCCCC32)cc1. The summed E-state index contributed by atoms with van der Waals surface area (Å²) >= 11 is 0. The largest absolute Gasteiger partial charge is 0.497 e. The number of hydrogen-bond donors (Lipinski definition) is 1. The van der Waals surface area contributed by atoms with Crippen molar-refractivity contribution in [2.24, 2.45) is 11.8 Å². The highest BCUT2D eigenvalue weighted by Crippen LogP contribution is 2.37. The average molecular weight is 259 g/mol. The molecule has 0 amide bonds. The van der Waals surface area contributed by atoms with E-state index in [0.29, 0.717) is 6.04 Å². The molecule has 2 nitrogen and oxygen atoms in total. The highest BCUT2D eigenvalue weighted by molar-refractivity contribution is 5.27. The van der Waals surface area contributed by atoms with Gasteiger partial charge in [0.15, 0.2) is 0 Å². The van der Waals surface area contributed by atoms with E-state index in [1.54, 1.807) is 7.11 Å². The molecular weight excluding hydrogens is 234 g/mol. The Hall–Kier alpha value is -1.02. The molecule has 1 aromatic carbocycles. The maximum absolute atomic E-state index is 5.23. The smallest absolute Gasteiger partial charge is 0.118 e. The van der Waals surface area contributed by atoms with E-state index in [1.807, 2.05) is 0 Å². The third kappa shape index (κ3) is 2.94. The van der Waals surface area contributed by atoms with Crippen LogP contribution in [0.5, 0.6) is 5.75 Å². The summed E-state index contributed by atoms with van der Waals surface area (Å²) in [7, 11) is 1.73. The minimum absolute atomic E-state index is 0.687. The minimum Gasteiger partial charge on any atom is -0.497 e. The molecule has 19 heavy (non-hydrogen) atoms. The predicted octanol–water partition coefficient (Wildman–Crippen LogP) is 3.41. The number of rotatable bonds is 3. The van der Waals surface area contributed by atoms with Gasteiger partial charge in [-0.05, 0) is 55.3 Å². The number of methoxy groups -OCH3 is 1. The van der Waals surface area contributed by atoms with Gasteiger partial charge in [-0.3, -0.25) is 0 Å². The van der Waals surface area contributed by atoms with Gasteiger partial charge in [-0.15, -0.1) is 0 Å². The molecule has 1 aliphatic carbocycles. The maximum Gasteiger partial charge on any atom is 0.118 e. The van der Waals surface area contributed by atoms with Crippen molar-refractivity contribution < 1.29 is 4.74 Å². The molecule has 3 atom stereocenters. The highest BCUT2D eigenvalue weighted by atomic mass is 16.5. The number of hydrogen-bond acceptors (Lipinski definition) is 2. The summed E-state index contributed by atoms with van der Waals surface area (Å²) in [5.74, 6) is 2.85. The van der Waals surface area contributed by atoms with Crippen molar-refractivity contribution in [2.75, 3.05) is 13.7 Å². The van der Waals surface area contributed by atoms with Gasteiger partial charge in [-0.2, -0.15) is 0 Å². The van der Waals surface area contributed by atoms with Gasteiger partial charge in [0.1, 0.15) is 5.75 Å². The molecule has 2 aliphatic rings. The summed E-state index contributed by atoms with van der Waals surface area (Å²) in [6.07, 6.45) is 8.34. The van der Waals surface area contributed by atoms with Crippen molar-refractivity contribution in [3.63, 3.8) is 0 Å². The highest BCUT2D eigenvalue weighted by Gasteiger charge is 2.34. The molecule has 0 aromatic heterocycles. The Morgan fingerprint density at radius 3 is 2.68 bits per heavy atom. The standard InChI is InChI=1S/C17H25NO/c1-19-15-8-6-13(7-9-15)12-17-16-5-3-2-4-14(16)10-11-18-17/h6-9,14,16-18H,2-5,10-12H2,1H3. The molecule has 1 saturated carbocycles. The lowest BCUT2D eigenvalue weighted by Gasteiger charge is -2.42. The average Bonchev–Trinajstić information content (AvgIpc) is 2.48. The van der Waals surface area contributed by atoms with Crippen molar-refractivity contribution in [2.45, 2.75) is 44.6 Å². The summed E-state index contributed by atoms with van der Waals surface area (Å²) in [4.78, 5) is 0. The first-order valence-corrected chi connectivity index (χ1v) is 7.73. The van der Waals surface area contributed by atoms with Crippen LogP contribution in [0.15, 0.2) is 24.3 Å². The van der Waals surface area contributed by atoms with Gasteiger partial charge in [0.2, 0.25) is 0 Å². The van der Waals surface area contributed by atoms with Crippen LogP contribution in [0.3, 0.4) is 0 Å². The molecule has 1 aromatic rings. The summed E-state index contributed by atoms with van der Waals surface area (Å²) in [6, 6.07) is 9.28. The Bertz CT molecular complexity index is 398. The topological polar surface area (TPSA) is 21.3 Å². The fourth-order valence-electron chi connectivity index (χ4n) is 3.97. The van der Waals surface area contributed by atoms with Gasteiger partial charge in [0.25, 0.3) is 0 Å². The van der Waals surface area contributed by atoms with Gasteiger partial charge in [0, 0.05) is 6.04 Å². The van der Waals surface area contributed by atoms with Crippen LogP contribution in [0.2, 0.25) is 0 Å². The Morgan fingerprint density at radius 2 is 1.89 bits per heavy atom. The lowest BCUT2D eigenvalue weighted by atomic mass is 9.70. The van der Waals surface area contributed by atoms with E-state index < -0.39 is 0 Å². The van der Waals surface area contributed by atoms with E-state index in [4.69, 9.17) is 4.74 Å². The molecule has 0 radical (unpaired) electrons. The quantitative estimate of drug-likeness (QED) is 0.898. The lowest BCUT2D eigenvalue weighted by molar-refractivity contribution is 0.133. The first-order valence-electron chi connectivity index (χ1n) is 7.73. The van der Waals surface area contributed by atoms with E-state index in [9.17, 15) is 0 Å². The molecule has 0 spiro atoms. The Morgan fingerprint density at radius 1 is 1.11 bits per heavy atom. The van der Waals surface area contributed by atoms with Crippen molar-refractivity contribution in [3.8, 4) is 5.75 Å². The second-order valence-electron chi connectivity index (χ2n) is 6.11. The van der Waals surface area contributed by atoms with Crippen LogP contribution in [-0.4, -0.2) is 19.7 Å². The van der Waals surface area contributed by atoms with Crippen LogP contribution in [0.1, 0.15) is 37.7 Å². The van der Waals surface area contributed by atoms with Gasteiger partial charge in [0.05, 0.1) is 7.11 Å². The molecule has 1 N–H and O–H groups in total. The van der Waals surface area contributed by atoms with E-state index >= 15 is 0 Å². The summed E-state index contributed by atoms with van der Waals surface area (Å²) in [6.45, 7) is 1.21. The monoisotopic (exact) mass is 259 g/mol. The van der Waals surface area contributed by atoms with Crippen LogP contribution in [0.25, 0.3) is 0 Å². The first-order chi connectivity index (χ1) is 9.36. The first kappa shape index (κ1) is 13.0. The van der Waals surface area contributed by atoms with E-state index in [1.165, 1.54) is 50.6 Å². The fraction of sp³-hybridized carbons (Fsp3) is 0.647. The molecule has 2 heteroatoms. The lowest BCUT2D eigenvalue weighted by Crippen LogP contribution is -2.48. The van der Waals surface area contributed by atoms with Gasteiger partial charge in [-0.25, -0.2) is 0 Å². The van der Waals surface area contributed by atoms with Crippen LogP contribution in [-0.2, 0) is 6.42 Å². The van der Waals surface area contributed by atoms with Gasteiger partial charge < -0.3 is 10.1 Å². The summed E-state index contributed by atoms with van der Waals surface area (Å²) < 4.78 is 5.23. The normalized spacial score (nSPS) is 30.7. The molecule has 3 rings (SSSR count). The zero-order valence-electron chi connectivity index (χ0n) is 11.9. The number of piperidine rings is 1. The molecule has 0 bridgehead atoms. The number of ether oxygens (including phenoxy) is 1. The molecule has 3 unspecified atom stereocenters. The van der Waals surface area contributed by atoms with Crippen LogP contribution >= 0.6 is 0 Å². The second kappa shape index (κ2) is 5.96. The Balaban J connectivity index is 1.66. The third-order valence-electron chi connectivity index (χ3n) is 5.02. The number of benzene rings is 1. The third-order valence-corrected chi connectivity index (χ3v) is 5.02. The zero-order valence-corrected chi connectivity index (χ0v) is 11.9. The van der Waals surface area contributed by atoms with Crippen molar-refractivity contribution in [1.82, 2.24) is 5.32 Å². The Labute approximate surface area is 116 Å². The predicted molar refractivity (Wildman–Crippen MR) is 78.6 cm³/mol. The van der Waals surface area contributed by atoms with Crippen molar-refractivity contribution in [3.05, 3.63) is 29.8 Å². The van der Waals surface area contributed by atoms with Crippen LogP contribution in [0.4, 0.5) is 0 Å². The molecular formula is C17H25NO. The maximum atomic E-state index is 5.23. The fourth-order valence-corrected chi connectivity index (χ4v) is 3.97. The van der Waals surface area contributed by atoms with Gasteiger partial charge in [-0.1, -0.05) is 31.4 Å². The van der Waals surface area contributed by atoms with E-state index in [-0.39, 0.29) is 0 Å². The summed E-state index contributed by atoms with van der Waals surface area (Å²) in [5, 5.41) is 3.76. The van der Waals surface area contributed by atoms with E-state index in [0.717, 1.165) is 17.6 Å². The summed E-state index contributed by atoms with van der Waals surface area (Å²) in [5.41, 5.74) is 1.43. The molecule has 1 saturated heterocycles. The molecule has 2 fully saturated rings. The molecule has 1 heterocycles. The second-order valence-corrected chi connectivity index (χ2v) is 6.11. The van der Waals surface area contributed by atoms with E-state index in [2.05, 4.69) is 29.6 Å². The number of nitrogens with one attached hydrogen (secondary N) is 1. The van der Waals surface area contributed by atoms with Crippen molar-refractivity contribution >= 4 is 0 Å². The number of fused-ring (bicyclic) bond motifs is 1. The molecule has 104 valence electrons. The molecule has 1 aliphatic heterocycles. The van der Waals surface area contributed by atoms with Crippen LogP contribution in [0, 0.1) is 11.8 Å². The van der Waals surface area contributed by atoms with Gasteiger partial charge >= 0.3 is 0 Å².